The number of carbonyl (C=O) groups excluding carboxylic acids is 2. The summed E-state index contributed by atoms with van der Waals surface area (Å²) in [7, 11) is 1.55. The normalized spacial score (nSPS) is 24.2. The number of amides is 2. The van der Waals surface area contributed by atoms with Crippen molar-refractivity contribution >= 4 is 11.8 Å². The molecule has 6 nitrogen and oxygen atoms in total. The lowest BCUT2D eigenvalue weighted by Gasteiger charge is -2.37. The zero-order valence-electron chi connectivity index (χ0n) is 17.7. The van der Waals surface area contributed by atoms with E-state index >= 15 is 0 Å². The molecular weight excluding hydrogens is 418 g/mol. The van der Waals surface area contributed by atoms with Crippen molar-refractivity contribution in [3.05, 3.63) is 65.2 Å². The molecule has 168 valence electrons. The summed E-state index contributed by atoms with van der Waals surface area (Å²) in [5.41, 5.74) is -0.00203. The van der Waals surface area contributed by atoms with Crippen LogP contribution in [0.5, 0.6) is 5.75 Å². The highest BCUT2D eigenvalue weighted by molar-refractivity contribution is 5.95. The number of nitrogens with zero attached hydrogens (tertiary/aromatic N) is 2. The monoisotopic (exact) mass is 442 g/mol. The molecule has 3 saturated heterocycles. The third-order valence-electron chi connectivity index (χ3n) is 6.76. The summed E-state index contributed by atoms with van der Waals surface area (Å²) in [6.07, 6.45) is 1.58. The summed E-state index contributed by atoms with van der Waals surface area (Å²) in [5.74, 6) is -0.967. The Kier molecular flexibility index (Phi) is 5.12. The minimum Gasteiger partial charge on any atom is -0.497 e. The van der Waals surface area contributed by atoms with Crippen LogP contribution >= 0.6 is 0 Å². The maximum absolute atomic E-state index is 13.8. The molecule has 2 aromatic carbocycles. The van der Waals surface area contributed by atoms with Crippen LogP contribution < -0.4 is 4.74 Å². The average molecular weight is 442 g/mol. The standard InChI is InChI=1S/C24H24F2N2O4/c1-31-19-4-2-3-15(13-19)22(29)27-9-7-24(8-10-27)23(30)28-20(5-6-21(28)32-24)16-11-17(25)14-18(26)12-16/h2-4,11-14,20-21H,5-10H2,1H3/t20-,21+/m0/s1. The molecule has 0 saturated carbocycles. The highest BCUT2D eigenvalue weighted by atomic mass is 19.1. The second kappa shape index (κ2) is 7.85. The van der Waals surface area contributed by atoms with Gasteiger partial charge in [0.05, 0.1) is 13.2 Å². The first-order chi connectivity index (χ1) is 15.4. The number of hydrogen-bond acceptors (Lipinski definition) is 4. The van der Waals surface area contributed by atoms with Gasteiger partial charge < -0.3 is 19.3 Å². The second-order valence-electron chi connectivity index (χ2n) is 8.60. The average Bonchev–Trinajstić information content (AvgIpc) is 3.31. The van der Waals surface area contributed by atoms with E-state index in [4.69, 9.17) is 9.47 Å². The molecule has 0 aromatic heterocycles. The van der Waals surface area contributed by atoms with Gasteiger partial charge in [-0.15, -0.1) is 0 Å². The van der Waals surface area contributed by atoms with Crippen molar-refractivity contribution in [2.75, 3.05) is 20.2 Å². The van der Waals surface area contributed by atoms with Gasteiger partial charge >= 0.3 is 0 Å². The number of ether oxygens (including phenoxy) is 2. The summed E-state index contributed by atoms with van der Waals surface area (Å²) in [6, 6.07) is 9.97. The van der Waals surface area contributed by atoms with E-state index in [-0.39, 0.29) is 11.8 Å². The Morgan fingerprint density at radius 1 is 1.09 bits per heavy atom. The molecular formula is C24H24F2N2O4. The third kappa shape index (κ3) is 3.43. The summed E-state index contributed by atoms with van der Waals surface area (Å²) >= 11 is 0. The van der Waals surface area contributed by atoms with E-state index in [1.165, 1.54) is 12.1 Å². The van der Waals surface area contributed by atoms with E-state index in [0.29, 0.717) is 55.6 Å². The fourth-order valence-corrected chi connectivity index (χ4v) is 5.15. The smallest absolute Gasteiger partial charge is 0.257 e. The highest BCUT2D eigenvalue weighted by Crippen LogP contribution is 2.47. The van der Waals surface area contributed by atoms with Gasteiger partial charge in [-0.05, 0) is 48.7 Å². The Balaban J connectivity index is 1.30. The number of methoxy groups -OCH3 is 1. The Labute approximate surface area is 184 Å². The van der Waals surface area contributed by atoms with Crippen LogP contribution in [0.15, 0.2) is 42.5 Å². The lowest BCUT2D eigenvalue weighted by atomic mass is 9.89. The predicted octanol–water partition coefficient (Wildman–Crippen LogP) is 3.67. The molecule has 3 aliphatic rings. The summed E-state index contributed by atoms with van der Waals surface area (Å²) in [4.78, 5) is 29.7. The molecule has 0 aliphatic carbocycles. The number of fused-ring (bicyclic) bond motifs is 1. The van der Waals surface area contributed by atoms with Gasteiger partial charge in [-0.3, -0.25) is 9.59 Å². The van der Waals surface area contributed by atoms with Crippen LogP contribution in [0.4, 0.5) is 8.78 Å². The van der Waals surface area contributed by atoms with E-state index in [1.54, 1.807) is 41.2 Å². The second-order valence-corrected chi connectivity index (χ2v) is 8.60. The Hall–Kier alpha value is -3.00. The molecule has 2 atom stereocenters. The minimum atomic E-state index is -0.986. The molecule has 2 aromatic rings. The quantitative estimate of drug-likeness (QED) is 0.728. The zero-order valence-corrected chi connectivity index (χ0v) is 17.7. The Bertz CT molecular complexity index is 1050. The molecule has 0 unspecified atom stereocenters. The van der Waals surface area contributed by atoms with Crippen LogP contribution in [0.25, 0.3) is 0 Å². The molecule has 32 heavy (non-hydrogen) atoms. The van der Waals surface area contributed by atoms with Gasteiger partial charge in [-0.1, -0.05) is 6.07 Å². The number of rotatable bonds is 3. The van der Waals surface area contributed by atoms with Crippen molar-refractivity contribution < 1.29 is 27.8 Å². The lowest BCUT2D eigenvalue weighted by molar-refractivity contribution is -0.142. The van der Waals surface area contributed by atoms with Crippen LogP contribution in [-0.2, 0) is 9.53 Å². The molecule has 3 aliphatic heterocycles. The lowest BCUT2D eigenvalue weighted by Crippen LogP contribution is -2.51. The molecule has 8 heteroatoms. The van der Waals surface area contributed by atoms with Crippen LogP contribution in [-0.4, -0.2) is 53.6 Å². The van der Waals surface area contributed by atoms with Crippen molar-refractivity contribution in [3.63, 3.8) is 0 Å². The Morgan fingerprint density at radius 2 is 1.81 bits per heavy atom. The Morgan fingerprint density at radius 3 is 2.50 bits per heavy atom. The molecule has 0 radical (unpaired) electrons. The number of carbonyl (C=O) groups is 2. The van der Waals surface area contributed by atoms with Crippen LogP contribution in [0.1, 0.15) is 47.6 Å². The topological polar surface area (TPSA) is 59.1 Å². The fourth-order valence-electron chi connectivity index (χ4n) is 5.15. The number of piperidine rings is 1. The molecule has 5 rings (SSSR count). The number of likely N-dealkylation sites (tertiary alicyclic amines) is 1. The van der Waals surface area contributed by atoms with Crippen molar-refractivity contribution in [1.29, 1.82) is 0 Å². The first kappa shape index (κ1) is 20.9. The van der Waals surface area contributed by atoms with Gasteiger partial charge in [0.2, 0.25) is 0 Å². The predicted molar refractivity (Wildman–Crippen MR) is 111 cm³/mol. The molecule has 2 amide bonds. The van der Waals surface area contributed by atoms with Crippen molar-refractivity contribution in [2.45, 2.75) is 43.6 Å². The van der Waals surface area contributed by atoms with E-state index in [9.17, 15) is 18.4 Å². The van der Waals surface area contributed by atoms with Crippen LogP contribution in [0.3, 0.4) is 0 Å². The number of benzene rings is 2. The number of halogens is 2. The van der Waals surface area contributed by atoms with Crippen molar-refractivity contribution in [3.8, 4) is 5.75 Å². The molecule has 3 heterocycles. The highest BCUT2D eigenvalue weighted by Gasteiger charge is 2.58. The maximum Gasteiger partial charge on any atom is 0.257 e. The van der Waals surface area contributed by atoms with Crippen molar-refractivity contribution in [1.82, 2.24) is 9.80 Å². The summed E-state index contributed by atoms with van der Waals surface area (Å²) in [6.45, 7) is 0.781. The van der Waals surface area contributed by atoms with Gasteiger partial charge in [-0.25, -0.2) is 8.78 Å². The zero-order chi connectivity index (χ0) is 22.5. The van der Waals surface area contributed by atoms with Crippen LogP contribution in [0.2, 0.25) is 0 Å². The van der Waals surface area contributed by atoms with Gasteiger partial charge in [0.1, 0.15) is 23.6 Å². The maximum atomic E-state index is 13.8. The fraction of sp³-hybridized carbons (Fsp3) is 0.417. The summed E-state index contributed by atoms with van der Waals surface area (Å²) < 4.78 is 39.0. The van der Waals surface area contributed by atoms with E-state index in [0.717, 1.165) is 6.07 Å². The first-order valence-corrected chi connectivity index (χ1v) is 10.8. The van der Waals surface area contributed by atoms with E-state index in [1.807, 2.05) is 0 Å². The van der Waals surface area contributed by atoms with Gasteiger partial charge in [0.25, 0.3) is 11.8 Å². The van der Waals surface area contributed by atoms with Crippen molar-refractivity contribution in [2.24, 2.45) is 0 Å². The van der Waals surface area contributed by atoms with E-state index < -0.39 is 29.5 Å². The third-order valence-corrected chi connectivity index (χ3v) is 6.76. The van der Waals surface area contributed by atoms with E-state index in [2.05, 4.69) is 0 Å². The SMILES string of the molecule is COc1cccc(C(=O)N2CCC3(CC2)O[C@@H]2CC[C@@H](c4cc(F)cc(F)c4)N2C3=O)c1. The largest absolute Gasteiger partial charge is 0.497 e. The van der Waals surface area contributed by atoms with Gasteiger partial charge in [0.15, 0.2) is 5.60 Å². The molecule has 1 spiro atoms. The molecule has 0 bridgehead atoms. The summed E-state index contributed by atoms with van der Waals surface area (Å²) in [5, 5.41) is 0. The number of hydrogen-bond donors (Lipinski definition) is 0. The minimum absolute atomic E-state index is 0.113. The molecule has 0 N–H and O–H groups in total. The van der Waals surface area contributed by atoms with Gasteiger partial charge in [-0.2, -0.15) is 0 Å². The van der Waals surface area contributed by atoms with Crippen LogP contribution in [0, 0.1) is 11.6 Å². The molecule has 3 fully saturated rings. The van der Waals surface area contributed by atoms with Gasteiger partial charge in [0, 0.05) is 37.6 Å². The first-order valence-electron chi connectivity index (χ1n) is 10.8.